The van der Waals surface area contributed by atoms with Gasteiger partial charge in [-0.1, -0.05) is 48.2 Å². The minimum absolute atomic E-state index is 1.29. The van der Waals surface area contributed by atoms with Gasteiger partial charge in [-0.25, -0.2) is 0 Å². The molecule has 0 aliphatic carbocycles. The molecule has 0 saturated heterocycles. The van der Waals surface area contributed by atoms with Gasteiger partial charge >= 0.3 is 0 Å². The Morgan fingerprint density at radius 2 is 1.06 bits per heavy atom. The van der Waals surface area contributed by atoms with E-state index in [1.807, 2.05) is 12.1 Å². The molecule has 2 aromatic carbocycles. The maximum absolute atomic E-state index is 10.1. The van der Waals surface area contributed by atoms with Crippen molar-refractivity contribution >= 4 is 11.8 Å². The smallest absolute Gasteiger partial charge is 0.174 e. The van der Waals surface area contributed by atoms with Crippen LogP contribution in [0.5, 0.6) is 0 Å². The van der Waals surface area contributed by atoms with Crippen molar-refractivity contribution in [1.29, 1.82) is 0 Å². The van der Waals surface area contributed by atoms with E-state index in [1.54, 1.807) is 11.8 Å². The fourth-order valence-corrected chi connectivity index (χ4v) is 1.97. The van der Waals surface area contributed by atoms with Gasteiger partial charge in [-0.15, -0.1) is 0 Å². The van der Waals surface area contributed by atoms with Gasteiger partial charge in [0.2, 0.25) is 0 Å². The van der Waals surface area contributed by atoms with Crippen molar-refractivity contribution in [3.05, 3.63) is 73.3 Å². The van der Waals surface area contributed by atoms with Crippen molar-refractivity contribution in [3.63, 3.8) is 0 Å². The van der Waals surface area contributed by atoms with Crippen LogP contribution in [0.1, 0.15) is 0 Å². The quantitative estimate of drug-likeness (QED) is 0.702. The fraction of sp³-hybridized carbons (Fsp3) is 0. The Balaban J connectivity index is 0.000000317. The average Bonchev–Trinajstić information content (AvgIpc) is 2.31. The Bertz CT molecular complexity index is 399. The molecule has 0 heterocycles. The zero-order valence-electron chi connectivity index (χ0n) is 9.14. The van der Waals surface area contributed by atoms with Crippen LogP contribution in [0.2, 0.25) is 0 Å². The van der Waals surface area contributed by atoms with E-state index in [4.69, 9.17) is 0 Å². The van der Waals surface area contributed by atoms with E-state index in [-0.39, 0.29) is 0 Å². The van der Waals surface area contributed by atoms with Crippen LogP contribution in [-0.4, -0.2) is 0 Å². The molecule has 0 atom stereocenters. The summed E-state index contributed by atoms with van der Waals surface area (Å²) in [5, 5.41) is 0. The number of halogens is 2. The highest BCUT2D eigenvalue weighted by molar-refractivity contribution is 7.99. The minimum Gasteiger partial charge on any atom is -0.174 e. The topological polar surface area (TPSA) is 0 Å². The summed E-state index contributed by atoms with van der Waals surface area (Å²) in [6.45, 7) is 2.22. The first kappa shape index (κ1) is 13.5. The normalized spacial score (nSPS) is 9.06. The first-order chi connectivity index (χ1) is 8.18. The Kier molecular flexibility index (Phi) is 6.04. The summed E-state index contributed by atoms with van der Waals surface area (Å²) in [5.41, 5.74) is 0. The van der Waals surface area contributed by atoms with Gasteiger partial charge < -0.3 is 0 Å². The van der Waals surface area contributed by atoms with Crippen molar-refractivity contribution in [2.24, 2.45) is 0 Å². The van der Waals surface area contributed by atoms with Gasteiger partial charge in [-0.2, -0.15) is 8.78 Å². The summed E-state index contributed by atoms with van der Waals surface area (Å²) in [6.07, 6.45) is -1.83. The molecule has 0 aliphatic heterocycles. The van der Waals surface area contributed by atoms with Gasteiger partial charge in [0.05, 0.1) is 0 Å². The van der Waals surface area contributed by atoms with Crippen molar-refractivity contribution in [1.82, 2.24) is 0 Å². The number of hydrogen-bond acceptors (Lipinski definition) is 1. The van der Waals surface area contributed by atoms with E-state index in [2.05, 4.69) is 55.1 Å². The molecule has 0 aliphatic rings. The van der Waals surface area contributed by atoms with Crippen LogP contribution in [0.25, 0.3) is 0 Å². The van der Waals surface area contributed by atoms with E-state index in [0.717, 1.165) is 0 Å². The average molecular weight is 250 g/mol. The minimum atomic E-state index is -1.83. The molecule has 0 N–H and O–H groups in total. The molecule has 0 aromatic heterocycles. The standard InChI is InChI=1S/C12H10S.C2H2F2/c1-3-7-11(8-4-1)13-12-9-5-2-6-10-12;1-2(3)4/h1-10H;1H2. The molecular weight excluding hydrogens is 238 g/mol. The van der Waals surface area contributed by atoms with Gasteiger partial charge in [-0.05, 0) is 30.8 Å². The van der Waals surface area contributed by atoms with Crippen LogP contribution < -0.4 is 0 Å². The zero-order chi connectivity index (χ0) is 12.5. The van der Waals surface area contributed by atoms with Gasteiger partial charge in [-0.3, -0.25) is 0 Å². The molecule has 3 heteroatoms. The lowest BCUT2D eigenvalue weighted by Gasteiger charge is -1.99. The van der Waals surface area contributed by atoms with E-state index in [1.165, 1.54) is 9.79 Å². The summed E-state index contributed by atoms with van der Waals surface area (Å²) >= 11 is 1.79. The Morgan fingerprint density at radius 1 is 0.765 bits per heavy atom. The van der Waals surface area contributed by atoms with Crippen LogP contribution in [0.15, 0.2) is 83.1 Å². The molecule has 0 saturated carbocycles. The molecule has 0 spiro atoms. The molecule has 0 unspecified atom stereocenters. The molecule has 0 amide bonds. The molecule has 88 valence electrons. The third-order valence-electron chi connectivity index (χ3n) is 1.72. The second kappa shape index (κ2) is 7.63. The summed E-state index contributed by atoms with van der Waals surface area (Å²) in [4.78, 5) is 2.57. The zero-order valence-corrected chi connectivity index (χ0v) is 9.96. The maximum Gasteiger partial charge on any atom is 0.263 e. The molecule has 2 aromatic rings. The highest BCUT2D eigenvalue weighted by Crippen LogP contribution is 2.26. The highest BCUT2D eigenvalue weighted by Gasteiger charge is 1.93. The van der Waals surface area contributed by atoms with Crippen LogP contribution in [0.3, 0.4) is 0 Å². The van der Waals surface area contributed by atoms with Crippen molar-refractivity contribution in [2.75, 3.05) is 0 Å². The Hall–Kier alpha value is -1.61. The van der Waals surface area contributed by atoms with Crippen molar-refractivity contribution < 1.29 is 8.78 Å². The van der Waals surface area contributed by atoms with Crippen LogP contribution in [0, 0.1) is 0 Å². The number of hydrogen-bond donors (Lipinski definition) is 0. The van der Waals surface area contributed by atoms with Gasteiger partial charge in [0, 0.05) is 9.79 Å². The molecule has 2 rings (SSSR count). The van der Waals surface area contributed by atoms with Gasteiger partial charge in [0.25, 0.3) is 6.08 Å². The summed E-state index contributed by atoms with van der Waals surface area (Å²) in [7, 11) is 0. The lowest BCUT2D eigenvalue weighted by atomic mass is 10.4. The largest absolute Gasteiger partial charge is 0.263 e. The van der Waals surface area contributed by atoms with Gasteiger partial charge in [0.15, 0.2) is 0 Å². The van der Waals surface area contributed by atoms with E-state index in [9.17, 15) is 8.78 Å². The maximum atomic E-state index is 10.1. The molecule has 17 heavy (non-hydrogen) atoms. The van der Waals surface area contributed by atoms with Crippen LogP contribution in [0.4, 0.5) is 8.78 Å². The molecule has 0 nitrogen and oxygen atoms in total. The molecular formula is C14H12F2S. The van der Waals surface area contributed by atoms with Crippen LogP contribution >= 0.6 is 11.8 Å². The third kappa shape index (κ3) is 6.53. The molecule has 0 bridgehead atoms. The Morgan fingerprint density at radius 3 is 1.35 bits per heavy atom. The van der Waals surface area contributed by atoms with Crippen molar-refractivity contribution in [2.45, 2.75) is 9.79 Å². The summed E-state index contributed by atoms with van der Waals surface area (Å²) in [5.74, 6) is 0. The second-order valence-electron chi connectivity index (χ2n) is 3.07. The van der Waals surface area contributed by atoms with Gasteiger partial charge in [0.1, 0.15) is 0 Å². The van der Waals surface area contributed by atoms with E-state index < -0.39 is 6.08 Å². The lowest BCUT2D eigenvalue weighted by Crippen LogP contribution is -1.70. The first-order valence-electron chi connectivity index (χ1n) is 4.96. The summed E-state index contributed by atoms with van der Waals surface area (Å²) < 4.78 is 20.3. The Labute approximate surface area is 104 Å². The van der Waals surface area contributed by atoms with Crippen molar-refractivity contribution in [3.8, 4) is 0 Å². The summed E-state index contributed by atoms with van der Waals surface area (Å²) in [6, 6.07) is 20.8. The number of benzene rings is 2. The predicted octanol–water partition coefficient (Wildman–Crippen LogP) is 5.23. The lowest BCUT2D eigenvalue weighted by molar-refractivity contribution is 0.426. The first-order valence-corrected chi connectivity index (χ1v) is 5.78. The van der Waals surface area contributed by atoms with E-state index in [0.29, 0.717) is 0 Å². The van der Waals surface area contributed by atoms with Crippen LogP contribution in [-0.2, 0) is 0 Å². The SMILES string of the molecule is C=C(F)F.c1ccc(Sc2ccccc2)cc1. The number of rotatable bonds is 2. The fourth-order valence-electron chi connectivity index (χ4n) is 1.11. The molecule has 0 fully saturated rings. The van der Waals surface area contributed by atoms with E-state index >= 15 is 0 Å². The second-order valence-corrected chi connectivity index (χ2v) is 4.21. The predicted molar refractivity (Wildman–Crippen MR) is 68.4 cm³/mol. The monoisotopic (exact) mass is 250 g/mol. The molecule has 0 radical (unpaired) electrons. The highest BCUT2D eigenvalue weighted by atomic mass is 32.2. The third-order valence-corrected chi connectivity index (χ3v) is 2.74.